The van der Waals surface area contributed by atoms with Crippen LogP contribution in [0, 0.1) is 19.8 Å². The Balaban J connectivity index is 1.56. The molecule has 3 aromatic rings. The van der Waals surface area contributed by atoms with Crippen LogP contribution in [0.3, 0.4) is 0 Å². The number of aryl methyl sites for hydroxylation is 2. The first kappa shape index (κ1) is 23.4. The minimum atomic E-state index is -1.17. The molecule has 0 bridgehead atoms. The number of hydrogen-bond donors (Lipinski definition) is 3. The highest BCUT2D eigenvalue weighted by atomic mass is 35.5. The number of hydrogen-bond acceptors (Lipinski definition) is 4. The molecule has 0 saturated carbocycles. The zero-order chi connectivity index (χ0) is 24.7. The van der Waals surface area contributed by atoms with Gasteiger partial charge in [-0.05, 0) is 56.0 Å². The molecule has 3 atom stereocenters. The number of methoxy groups -OCH3 is 1. The van der Waals surface area contributed by atoms with Crippen LogP contribution < -0.4 is 20.7 Å². The monoisotopic (exact) mass is 489 g/mol. The van der Waals surface area contributed by atoms with Crippen LogP contribution in [-0.2, 0) is 21.5 Å². The van der Waals surface area contributed by atoms with E-state index < -0.39 is 11.5 Å². The predicted molar refractivity (Wildman–Crippen MR) is 138 cm³/mol. The van der Waals surface area contributed by atoms with Crippen molar-refractivity contribution in [3.8, 4) is 5.75 Å². The van der Waals surface area contributed by atoms with E-state index in [0.717, 1.165) is 27.9 Å². The molecule has 35 heavy (non-hydrogen) atoms. The summed E-state index contributed by atoms with van der Waals surface area (Å²) in [4.78, 5) is 27.5. The van der Waals surface area contributed by atoms with Crippen LogP contribution in [0.4, 0.5) is 11.4 Å². The molecule has 1 saturated heterocycles. The molecule has 3 N–H and O–H groups in total. The number of rotatable bonds is 5. The summed E-state index contributed by atoms with van der Waals surface area (Å²) in [5.74, 6) is -0.584. The maximum Gasteiger partial charge on any atom is 0.250 e. The summed E-state index contributed by atoms with van der Waals surface area (Å²) in [7, 11) is 1.54. The Labute approximate surface area is 210 Å². The Kier molecular flexibility index (Phi) is 6.03. The van der Waals surface area contributed by atoms with Gasteiger partial charge in [-0.15, -0.1) is 0 Å². The third-order valence-electron chi connectivity index (χ3n) is 7.04. The average Bonchev–Trinajstić information content (AvgIpc) is 3.34. The Morgan fingerprint density at radius 2 is 1.91 bits per heavy atom. The summed E-state index contributed by atoms with van der Waals surface area (Å²) in [5, 5.41) is 10.1. The average molecular weight is 490 g/mol. The van der Waals surface area contributed by atoms with Crippen molar-refractivity contribution in [3.05, 3.63) is 87.9 Å². The summed E-state index contributed by atoms with van der Waals surface area (Å²) in [6, 6.07) is 19.2. The second-order valence-electron chi connectivity index (χ2n) is 9.42. The lowest BCUT2D eigenvalue weighted by Gasteiger charge is -2.30. The first-order valence-electron chi connectivity index (χ1n) is 11.7. The maximum absolute atomic E-state index is 13.8. The lowest BCUT2D eigenvalue weighted by molar-refractivity contribution is -0.130. The van der Waals surface area contributed by atoms with Crippen molar-refractivity contribution < 1.29 is 14.3 Å². The number of carbonyl (C=O) groups excluding carboxylic acids is 2. The molecular weight excluding hydrogens is 462 g/mol. The van der Waals surface area contributed by atoms with E-state index in [1.54, 1.807) is 25.3 Å². The fourth-order valence-corrected chi connectivity index (χ4v) is 5.72. The van der Waals surface area contributed by atoms with Crippen molar-refractivity contribution >= 4 is 34.8 Å². The number of nitrogens with one attached hydrogen (secondary N) is 3. The van der Waals surface area contributed by atoms with Gasteiger partial charge in [-0.1, -0.05) is 59.6 Å². The lowest BCUT2D eigenvalue weighted by atomic mass is 9.78. The molecule has 0 radical (unpaired) electrons. The zero-order valence-corrected chi connectivity index (χ0v) is 20.7. The van der Waals surface area contributed by atoms with E-state index in [2.05, 4.69) is 28.1 Å². The molecule has 2 aliphatic rings. The third kappa shape index (κ3) is 4.07. The van der Waals surface area contributed by atoms with Gasteiger partial charge in [-0.25, -0.2) is 0 Å². The number of benzene rings is 3. The molecule has 2 amide bonds. The van der Waals surface area contributed by atoms with Gasteiger partial charge in [0.25, 0.3) is 0 Å². The fourth-order valence-electron chi connectivity index (χ4n) is 5.55. The summed E-state index contributed by atoms with van der Waals surface area (Å²) in [6.45, 7) is 3.99. The largest absolute Gasteiger partial charge is 0.495 e. The first-order valence-corrected chi connectivity index (χ1v) is 12.1. The van der Waals surface area contributed by atoms with Crippen LogP contribution >= 0.6 is 11.6 Å². The molecule has 1 spiro atoms. The smallest absolute Gasteiger partial charge is 0.250 e. The van der Waals surface area contributed by atoms with E-state index in [0.29, 0.717) is 29.3 Å². The fraction of sp³-hybridized carbons (Fsp3) is 0.286. The minimum absolute atomic E-state index is 0.0630. The topological polar surface area (TPSA) is 79.5 Å². The Hall–Kier alpha value is -3.35. The van der Waals surface area contributed by atoms with Gasteiger partial charge in [0, 0.05) is 22.3 Å². The van der Waals surface area contributed by atoms with Crippen molar-refractivity contribution in [3.63, 3.8) is 0 Å². The van der Waals surface area contributed by atoms with E-state index >= 15 is 0 Å². The molecular formula is C28H28ClN3O3. The minimum Gasteiger partial charge on any atom is -0.495 e. The van der Waals surface area contributed by atoms with E-state index in [-0.39, 0.29) is 17.9 Å². The van der Waals surface area contributed by atoms with Gasteiger partial charge in [0.1, 0.15) is 11.3 Å². The van der Waals surface area contributed by atoms with Gasteiger partial charge in [0.05, 0.1) is 18.7 Å². The molecule has 5 rings (SSSR count). The van der Waals surface area contributed by atoms with E-state index in [9.17, 15) is 9.59 Å². The number of halogens is 1. The molecule has 7 heteroatoms. The summed E-state index contributed by atoms with van der Waals surface area (Å²) >= 11 is 6.19. The van der Waals surface area contributed by atoms with Gasteiger partial charge >= 0.3 is 0 Å². The van der Waals surface area contributed by atoms with Gasteiger partial charge in [0.15, 0.2) is 0 Å². The van der Waals surface area contributed by atoms with Crippen molar-refractivity contribution in [1.82, 2.24) is 5.32 Å². The standard InChI is InChI=1S/C28H28ClN3O3/c1-16-11-17(2)25-21(12-16)28(27(34)31-25)22(15-20(32-28)13-18-7-5-4-6-8-18)26(33)30-23-14-19(29)9-10-24(23)35-3/h4-12,14,20,22,32H,13,15H2,1-3H3,(H,30,33)(H,31,34)/t20-,22+,28-/m0/s1. The maximum atomic E-state index is 13.8. The van der Waals surface area contributed by atoms with Crippen LogP contribution in [0.1, 0.15) is 28.7 Å². The number of fused-ring (bicyclic) bond motifs is 2. The van der Waals surface area contributed by atoms with Gasteiger partial charge in [0.2, 0.25) is 11.8 Å². The second kappa shape index (κ2) is 9.02. The quantitative estimate of drug-likeness (QED) is 0.472. The van der Waals surface area contributed by atoms with E-state index in [1.165, 1.54) is 0 Å². The normalized spacial score (nSPS) is 22.7. The molecule has 1 fully saturated rings. The molecule has 0 unspecified atom stereocenters. The zero-order valence-electron chi connectivity index (χ0n) is 19.9. The highest BCUT2D eigenvalue weighted by Crippen LogP contribution is 2.49. The molecule has 3 aromatic carbocycles. The number of anilines is 2. The molecule has 6 nitrogen and oxygen atoms in total. The number of ether oxygens (including phenoxy) is 1. The van der Waals surface area contributed by atoms with Crippen LogP contribution in [0.15, 0.2) is 60.7 Å². The highest BCUT2D eigenvalue weighted by Gasteiger charge is 2.60. The van der Waals surface area contributed by atoms with Crippen LogP contribution in [-0.4, -0.2) is 25.0 Å². The Bertz CT molecular complexity index is 1310. The molecule has 2 aliphatic heterocycles. The summed E-state index contributed by atoms with van der Waals surface area (Å²) in [6.07, 6.45) is 1.21. The van der Waals surface area contributed by atoms with Crippen LogP contribution in [0.5, 0.6) is 5.75 Å². The summed E-state index contributed by atoms with van der Waals surface area (Å²) < 4.78 is 5.42. The Morgan fingerprint density at radius 1 is 1.14 bits per heavy atom. The van der Waals surface area contributed by atoms with Gasteiger partial charge in [-0.2, -0.15) is 0 Å². The molecule has 0 aromatic heterocycles. The predicted octanol–water partition coefficient (Wildman–Crippen LogP) is 4.97. The Morgan fingerprint density at radius 3 is 2.66 bits per heavy atom. The SMILES string of the molecule is COc1ccc(Cl)cc1NC(=O)[C@H]1C[C@H](Cc2ccccc2)N[C@]12C(=O)Nc1c(C)cc(C)cc12. The molecule has 0 aliphatic carbocycles. The van der Waals surface area contributed by atoms with Crippen LogP contribution in [0.25, 0.3) is 0 Å². The third-order valence-corrected chi connectivity index (χ3v) is 7.27. The van der Waals surface area contributed by atoms with Crippen molar-refractivity contribution in [2.45, 2.75) is 38.3 Å². The summed E-state index contributed by atoms with van der Waals surface area (Å²) in [5.41, 5.74) is 4.10. The molecule has 180 valence electrons. The second-order valence-corrected chi connectivity index (χ2v) is 9.86. The first-order chi connectivity index (χ1) is 16.8. The van der Waals surface area contributed by atoms with Gasteiger partial charge in [-0.3, -0.25) is 14.9 Å². The number of amides is 2. The van der Waals surface area contributed by atoms with E-state index in [1.807, 2.05) is 44.2 Å². The van der Waals surface area contributed by atoms with E-state index in [4.69, 9.17) is 16.3 Å². The molecule has 2 heterocycles. The lowest BCUT2D eigenvalue weighted by Crippen LogP contribution is -2.52. The van der Waals surface area contributed by atoms with Crippen molar-refractivity contribution in [2.75, 3.05) is 17.7 Å². The van der Waals surface area contributed by atoms with Crippen LogP contribution in [0.2, 0.25) is 5.02 Å². The highest BCUT2D eigenvalue weighted by molar-refractivity contribution is 6.31. The van der Waals surface area contributed by atoms with Crippen molar-refractivity contribution in [1.29, 1.82) is 0 Å². The van der Waals surface area contributed by atoms with Crippen molar-refractivity contribution in [2.24, 2.45) is 5.92 Å². The van der Waals surface area contributed by atoms with Gasteiger partial charge < -0.3 is 15.4 Å². The number of carbonyl (C=O) groups is 2.